The minimum absolute atomic E-state index is 0.229. The normalized spacial score (nSPS) is 34.2. The summed E-state index contributed by atoms with van der Waals surface area (Å²) in [6.45, 7) is 4.21. The molecular weight excluding hydrogens is 150 g/mol. The van der Waals surface area contributed by atoms with Crippen LogP contribution in [0.25, 0.3) is 0 Å². The van der Waals surface area contributed by atoms with Crippen molar-refractivity contribution in [1.29, 1.82) is 0 Å². The van der Waals surface area contributed by atoms with E-state index in [1.165, 1.54) is 32.1 Å². The molecule has 1 aliphatic carbocycles. The SMILES string of the molecule is CCC1NCCOC12CCCC2. The first kappa shape index (κ1) is 8.52. The van der Waals surface area contributed by atoms with E-state index in [9.17, 15) is 0 Å². The lowest BCUT2D eigenvalue weighted by molar-refractivity contribution is -0.0926. The molecule has 12 heavy (non-hydrogen) atoms. The Morgan fingerprint density at radius 1 is 1.42 bits per heavy atom. The van der Waals surface area contributed by atoms with Crippen molar-refractivity contribution >= 4 is 0 Å². The van der Waals surface area contributed by atoms with Gasteiger partial charge in [0.25, 0.3) is 0 Å². The Labute approximate surface area is 74.7 Å². The van der Waals surface area contributed by atoms with Gasteiger partial charge in [-0.1, -0.05) is 19.8 Å². The molecule has 1 saturated heterocycles. The number of nitrogens with one attached hydrogen (secondary N) is 1. The van der Waals surface area contributed by atoms with Crippen LogP contribution in [0, 0.1) is 0 Å². The maximum Gasteiger partial charge on any atom is 0.0835 e. The van der Waals surface area contributed by atoms with Gasteiger partial charge in [0.1, 0.15) is 0 Å². The Bertz CT molecular complexity index is 152. The van der Waals surface area contributed by atoms with E-state index in [1.807, 2.05) is 0 Å². The number of ether oxygens (including phenoxy) is 1. The zero-order valence-corrected chi connectivity index (χ0v) is 7.94. The van der Waals surface area contributed by atoms with E-state index in [-0.39, 0.29) is 5.60 Å². The fraction of sp³-hybridized carbons (Fsp3) is 1.00. The van der Waals surface area contributed by atoms with Crippen molar-refractivity contribution in [3.05, 3.63) is 0 Å². The molecule has 1 heterocycles. The molecule has 1 unspecified atom stereocenters. The van der Waals surface area contributed by atoms with Crippen LogP contribution in [0.3, 0.4) is 0 Å². The Kier molecular flexibility index (Phi) is 2.37. The highest BCUT2D eigenvalue weighted by molar-refractivity contribution is 4.98. The van der Waals surface area contributed by atoms with Crippen molar-refractivity contribution < 1.29 is 4.74 Å². The minimum Gasteiger partial charge on any atom is -0.372 e. The smallest absolute Gasteiger partial charge is 0.0835 e. The van der Waals surface area contributed by atoms with Crippen molar-refractivity contribution in [1.82, 2.24) is 5.32 Å². The highest BCUT2D eigenvalue weighted by atomic mass is 16.5. The van der Waals surface area contributed by atoms with Crippen LogP contribution in [0.15, 0.2) is 0 Å². The molecule has 1 N–H and O–H groups in total. The lowest BCUT2D eigenvalue weighted by Gasteiger charge is -2.41. The summed E-state index contributed by atoms with van der Waals surface area (Å²) < 4.78 is 5.97. The highest BCUT2D eigenvalue weighted by Gasteiger charge is 2.42. The summed E-state index contributed by atoms with van der Waals surface area (Å²) in [6.07, 6.45) is 6.48. The molecule has 0 amide bonds. The third kappa shape index (κ3) is 1.27. The van der Waals surface area contributed by atoms with E-state index in [2.05, 4.69) is 12.2 Å². The fourth-order valence-corrected chi connectivity index (χ4v) is 2.76. The van der Waals surface area contributed by atoms with Gasteiger partial charge >= 0.3 is 0 Å². The lowest BCUT2D eigenvalue weighted by atomic mass is 9.89. The average Bonchev–Trinajstić information content (AvgIpc) is 2.55. The Balaban J connectivity index is 2.07. The van der Waals surface area contributed by atoms with E-state index < -0.39 is 0 Å². The van der Waals surface area contributed by atoms with Crippen LogP contribution in [0.5, 0.6) is 0 Å². The van der Waals surface area contributed by atoms with E-state index in [4.69, 9.17) is 4.74 Å². The molecule has 70 valence electrons. The van der Waals surface area contributed by atoms with Gasteiger partial charge in [-0.15, -0.1) is 0 Å². The molecule has 0 aromatic heterocycles. The number of morpholine rings is 1. The standard InChI is InChI=1S/C10H19NO/c1-2-9-10(5-3-4-6-10)12-8-7-11-9/h9,11H,2-8H2,1H3. The van der Waals surface area contributed by atoms with E-state index in [0.29, 0.717) is 6.04 Å². The zero-order valence-electron chi connectivity index (χ0n) is 7.94. The molecule has 0 aromatic rings. The summed E-state index contributed by atoms with van der Waals surface area (Å²) in [5, 5.41) is 3.58. The van der Waals surface area contributed by atoms with Crippen molar-refractivity contribution in [3.8, 4) is 0 Å². The molecule has 2 heteroatoms. The molecule has 1 aliphatic heterocycles. The van der Waals surface area contributed by atoms with Gasteiger partial charge in [0.2, 0.25) is 0 Å². The predicted molar refractivity (Wildman–Crippen MR) is 49.2 cm³/mol. The molecule has 2 rings (SSSR count). The van der Waals surface area contributed by atoms with Gasteiger partial charge in [0, 0.05) is 12.6 Å². The van der Waals surface area contributed by atoms with Gasteiger partial charge in [-0.05, 0) is 19.3 Å². The Morgan fingerprint density at radius 3 is 2.83 bits per heavy atom. The molecule has 2 nitrogen and oxygen atoms in total. The van der Waals surface area contributed by atoms with Crippen LogP contribution < -0.4 is 5.32 Å². The van der Waals surface area contributed by atoms with Gasteiger partial charge in [-0.3, -0.25) is 0 Å². The summed E-state index contributed by atoms with van der Waals surface area (Å²) in [7, 11) is 0. The largest absolute Gasteiger partial charge is 0.372 e. The summed E-state index contributed by atoms with van der Waals surface area (Å²) in [5.41, 5.74) is 0.229. The average molecular weight is 169 g/mol. The Morgan fingerprint density at radius 2 is 2.17 bits per heavy atom. The topological polar surface area (TPSA) is 21.3 Å². The number of hydrogen-bond acceptors (Lipinski definition) is 2. The molecule has 2 fully saturated rings. The maximum atomic E-state index is 5.97. The molecule has 0 aromatic carbocycles. The predicted octanol–water partition coefficient (Wildman–Crippen LogP) is 1.70. The Hall–Kier alpha value is -0.0800. The quantitative estimate of drug-likeness (QED) is 0.645. The molecule has 1 atom stereocenters. The second kappa shape index (κ2) is 3.35. The molecule has 1 spiro atoms. The minimum atomic E-state index is 0.229. The van der Waals surface area contributed by atoms with Gasteiger partial charge < -0.3 is 10.1 Å². The fourth-order valence-electron chi connectivity index (χ4n) is 2.76. The van der Waals surface area contributed by atoms with Gasteiger partial charge in [0.15, 0.2) is 0 Å². The third-order valence-corrected chi connectivity index (χ3v) is 3.38. The second-order valence-corrected chi connectivity index (χ2v) is 4.04. The van der Waals surface area contributed by atoms with Gasteiger partial charge in [0.05, 0.1) is 12.2 Å². The first-order valence-corrected chi connectivity index (χ1v) is 5.25. The van der Waals surface area contributed by atoms with Crippen LogP contribution in [0.4, 0.5) is 0 Å². The monoisotopic (exact) mass is 169 g/mol. The summed E-state index contributed by atoms with van der Waals surface area (Å²) in [6, 6.07) is 0.619. The third-order valence-electron chi connectivity index (χ3n) is 3.38. The highest BCUT2D eigenvalue weighted by Crippen LogP contribution is 2.38. The van der Waals surface area contributed by atoms with Crippen LogP contribution in [-0.4, -0.2) is 24.8 Å². The van der Waals surface area contributed by atoms with Crippen LogP contribution in [-0.2, 0) is 4.74 Å². The van der Waals surface area contributed by atoms with E-state index in [0.717, 1.165) is 13.2 Å². The molecule has 1 saturated carbocycles. The summed E-state index contributed by atoms with van der Waals surface area (Å²) in [4.78, 5) is 0. The van der Waals surface area contributed by atoms with Crippen molar-refractivity contribution in [2.75, 3.05) is 13.2 Å². The molecule has 0 radical (unpaired) electrons. The van der Waals surface area contributed by atoms with Crippen molar-refractivity contribution in [2.24, 2.45) is 0 Å². The number of hydrogen-bond donors (Lipinski definition) is 1. The molecule has 2 aliphatic rings. The first-order valence-electron chi connectivity index (χ1n) is 5.25. The lowest BCUT2D eigenvalue weighted by Crippen LogP contribution is -2.56. The van der Waals surface area contributed by atoms with E-state index >= 15 is 0 Å². The van der Waals surface area contributed by atoms with Crippen LogP contribution in [0.2, 0.25) is 0 Å². The van der Waals surface area contributed by atoms with Crippen LogP contribution in [0.1, 0.15) is 39.0 Å². The molecule has 0 bridgehead atoms. The van der Waals surface area contributed by atoms with Crippen LogP contribution >= 0.6 is 0 Å². The second-order valence-electron chi connectivity index (χ2n) is 4.04. The summed E-state index contributed by atoms with van der Waals surface area (Å²) in [5.74, 6) is 0. The van der Waals surface area contributed by atoms with Gasteiger partial charge in [-0.2, -0.15) is 0 Å². The first-order chi connectivity index (χ1) is 5.87. The summed E-state index contributed by atoms with van der Waals surface area (Å²) >= 11 is 0. The van der Waals surface area contributed by atoms with Gasteiger partial charge in [-0.25, -0.2) is 0 Å². The maximum absolute atomic E-state index is 5.97. The zero-order chi connectivity index (χ0) is 8.44. The van der Waals surface area contributed by atoms with Crippen molar-refractivity contribution in [2.45, 2.75) is 50.7 Å². The molecular formula is C10H19NO. The van der Waals surface area contributed by atoms with Crippen molar-refractivity contribution in [3.63, 3.8) is 0 Å². The van der Waals surface area contributed by atoms with E-state index in [1.54, 1.807) is 0 Å². The number of rotatable bonds is 1.